The van der Waals surface area contributed by atoms with Gasteiger partial charge >= 0.3 is 0 Å². The molecule has 1 N–H and O–H groups in total. The van der Waals surface area contributed by atoms with E-state index < -0.39 is 27.1 Å². The predicted molar refractivity (Wildman–Crippen MR) is 83.6 cm³/mol. The molecule has 0 atom stereocenters. The molecule has 0 aliphatic heterocycles. The first kappa shape index (κ1) is 16.6. The Labute approximate surface area is 135 Å². The highest BCUT2D eigenvalue weighted by atomic mass is 16.6. The average Bonchev–Trinajstić information content (AvgIpc) is 2.55. The molecule has 0 saturated heterocycles. The van der Waals surface area contributed by atoms with Gasteiger partial charge in [0.1, 0.15) is 0 Å². The van der Waals surface area contributed by atoms with Crippen LogP contribution in [0.3, 0.4) is 0 Å². The van der Waals surface area contributed by atoms with Crippen molar-refractivity contribution in [2.45, 2.75) is 6.92 Å². The van der Waals surface area contributed by atoms with Crippen LogP contribution in [0.25, 0.3) is 0 Å². The van der Waals surface area contributed by atoms with Crippen LogP contribution in [-0.2, 0) is 0 Å². The molecule has 0 saturated carbocycles. The molecule has 0 aliphatic carbocycles. The van der Waals surface area contributed by atoms with Gasteiger partial charge in [-0.15, -0.1) is 0 Å². The van der Waals surface area contributed by atoms with E-state index in [1.165, 1.54) is 31.2 Å². The SMILES string of the molecule is Cc1c(C(=O)Nc2ccc(C#N)cc2)cc([N+](=O)[O-])cc1[N+](=O)[O-]. The van der Waals surface area contributed by atoms with E-state index in [0.29, 0.717) is 11.3 Å². The predicted octanol–water partition coefficient (Wildman–Crippen LogP) is 2.94. The average molecular weight is 326 g/mol. The molecule has 120 valence electrons. The highest BCUT2D eigenvalue weighted by Crippen LogP contribution is 2.28. The van der Waals surface area contributed by atoms with Crippen molar-refractivity contribution in [1.82, 2.24) is 0 Å². The minimum absolute atomic E-state index is 0.0248. The lowest BCUT2D eigenvalue weighted by molar-refractivity contribution is -0.394. The molecular formula is C15H10N4O5. The number of benzene rings is 2. The van der Waals surface area contributed by atoms with E-state index in [0.717, 1.165) is 12.1 Å². The summed E-state index contributed by atoms with van der Waals surface area (Å²) in [4.78, 5) is 32.7. The van der Waals surface area contributed by atoms with Crippen LogP contribution < -0.4 is 5.32 Å². The van der Waals surface area contributed by atoms with E-state index in [4.69, 9.17) is 5.26 Å². The van der Waals surface area contributed by atoms with Crippen LogP contribution in [0.1, 0.15) is 21.5 Å². The molecule has 24 heavy (non-hydrogen) atoms. The molecule has 1 amide bonds. The van der Waals surface area contributed by atoms with E-state index >= 15 is 0 Å². The molecule has 0 spiro atoms. The third-order valence-corrected chi connectivity index (χ3v) is 3.29. The van der Waals surface area contributed by atoms with Crippen LogP contribution >= 0.6 is 0 Å². The van der Waals surface area contributed by atoms with Gasteiger partial charge in [-0.2, -0.15) is 5.26 Å². The molecule has 0 aromatic heterocycles. The van der Waals surface area contributed by atoms with Crippen molar-refractivity contribution in [3.05, 3.63) is 73.3 Å². The number of nitriles is 1. The molecule has 0 aliphatic rings. The number of hydrogen-bond acceptors (Lipinski definition) is 6. The number of amides is 1. The second kappa shape index (κ2) is 6.53. The Morgan fingerprint density at radius 1 is 1.12 bits per heavy atom. The lowest BCUT2D eigenvalue weighted by Gasteiger charge is -2.08. The lowest BCUT2D eigenvalue weighted by atomic mass is 10.0. The fraction of sp³-hybridized carbons (Fsp3) is 0.0667. The van der Waals surface area contributed by atoms with Crippen molar-refractivity contribution in [2.24, 2.45) is 0 Å². The van der Waals surface area contributed by atoms with Gasteiger partial charge in [-0.1, -0.05) is 0 Å². The zero-order valence-electron chi connectivity index (χ0n) is 12.3. The maximum absolute atomic E-state index is 12.3. The first-order valence-electron chi connectivity index (χ1n) is 6.58. The van der Waals surface area contributed by atoms with Gasteiger partial charge in [0.25, 0.3) is 17.3 Å². The van der Waals surface area contributed by atoms with Crippen LogP contribution in [0.2, 0.25) is 0 Å². The number of carbonyl (C=O) groups excluding carboxylic acids is 1. The molecule has 9 nitrogen and oxygen atoms in total. The van der Waals surface area contributed by atoms with Gasteiger partial charge in [0, 0.05) is 17.3 Å². The van der Waals surface area contributed by atoms with E-state index in [1.54, 1.807) is 0 Å². The minimum Gasteiger partial charge on any atom is -0.322 e. The Hall–Kier alpha value is -3.80. The standard InChI is InChI=1S/C15H10N4O5/c1-9-13(6-12(18(21)22)7-14(9)19(23)24)15(20)17-11-4-2-10(8-16)3-5-11/h2-7H,1H3,(H,17,20). The van der Waals surface area contributed by atoms with Gasteiger partial charge in [0.15, 0.2) is 0 Å². The fourth-order valence-electron chi connectivity index (χ4n) is 2.04. The zero-order chi connectivity index (χ0) is 17.9. The highest BCUT2D eigenvalue weighted by Gasteiger charge is 2.24. The largest absolute Gasteiger partial charge is 0.322 e. The summed E-state index contributed by atoms with van der Waals surface area (Å²) in [5.41, 5.74) is -0.439. The summed E-state index contributed by atoms with van der Waals surface area (Å²) in [6, 6.07) is 9.66. The first-order chi connectivity index (χ1) is 11.3. The molecule has 0 heterocycles. The van der Waals surface area contributed by atoms with Gasteiger partial charge in [-0.05, 0) is 31.2 Å². The number of nitro groups is 2. The maximum Gasteiger partial charge on any atom is 0.279 e. The van der Waals surface area contributed by atoms with Crippen molar-refractivity contribution >= 4 is 23.0 Å². The van der Waals surface area contributed by atoms with Gasteiger partial charge in [0.2, 0.25) is 0 Å². The van der Waals surface area contributed by atoms with Crippen LogP contribution in [0.5, 0.6) is 0 Å². The number of nitrogens with one attached hydrogen (secondary N) is 1. The van der Waals surface area contributed by atoms with Crippen molar-refractivity contribution in [1.29, 1.82) is 5.26 Å². The lowest BCUT2D eigenvalue weighted by Crippen LogP contribution is -2.14. The monoisotopic (exact) mass is 326 g/mol. The summed E-state index contributed by atoms with van der Waals surface area (Å²) >= 11 is 0. The third kappa shape index (κ3) is 3.33. The maximum atomic E-state index is 12.3. The Morgan fingerprint density at radius 2 is 1.75 bits per heavy atom. The second-order valence-corrected chi connectivity index (χ2v) is 4.79. The van der Waals surface area contributed by atoms with Crippen LogP contribution in [0.15, 0.2) is 36.4 Å². The number of non-ortho nitro benzene ring substituents is 1. The second-order valence-electron chi connectivity index (χ2n) is 4.79. The minimum atomic E-state index is -0.801. The molecule has 2 rings (SSSR count). The molecule has 2 aromatic rings. The van der Waals surface area contributed by atoms with E-state index in [-0.39, 0.29) is 11.1 Å². The first-order valence-corrected chi connectivity index (χ1v) is 6.58. The van der Waals surface area contributed by atoms with Crippen molar-refractivity contribution in [2.75, 3.05) is 5.32 Å². The Bertz CT molecular complexity index is 884. The number of hydrogen-bond donors (Lipinski definition) is 1. The molecule has 2 aromatic carbocycles. The molecule has 9 heteroatoms. The Kier molecular flexibility index (Phi) is 4.51. The molecule has 0 fully saturated rings. The van der Waals surface area contributed by atoms with Crippen LogP contribution in [-0.4, -0.2) is 15.8 Å². The zero-order valence-corrected chi connectivity index (χ0v) is 12.3. The van der Waals surface area contributed by atoms with Gasteiger partial charge in [-0.25, -0.2) is 0 Å². The Balaban J connectivity index is 2.42. The van der Waals surface area contributed by atoms with E-state index in [1.807, 2.05) is 6.07 Å². The van der Waals surface area contributed by atoms with Gasteiger partial charge in [-0.3, -0.25) is 25.0 Å². The van der Waals surface area contributed by atoms with E-state index in [9.17, 15) is 25.0 Å². The molecule has 0 unspecified atom stereocenters. The number of anilines is 1. The highest BCUT2D eigenvalue weighted by molar-refractivity contribution is 6.06. The number of carbonyl (C=O) groups is 1. The fourth-order valence-corrected chi connectivity index (χ4v) is 2.04. The summed E-state index contributed by atoms with van der Waals surface area (Å²) < 4.78 is 0. The smallest absolute Gasteiger partial charge is 0.279 e. The quantitative estimate of drug-likeness (QED) is 0.676. The van der Waals surface area contributed by atoms with Crippen molar-refractivity contribution < 1.29 is 14.6 Å². The summed E-state index contributed by atoms with van der Waals surface area (Å²) in [6.45, 7) is 1.34. The number of nitro benzene ring substituents is 2. The summed E-state index contributed by atoms with van der Waals surface area (Å²) in [6.07, 6.45) is 0. The van der Waals surface area contributed by atoms with Gasteiger partial charge < -0.3 is 5.32 Å². The molecule has 0 bridgehead atoms. The topological polar surface area (TPSA) is 139 Å². The van der Waals surface area contributed by atoms with Crippen molar-refractivity contribution in [3.8, 4) is 6.07 Å². The third-order valence-electron chi connectivity index (χ3n) is 3.29. The van der Waals surface area contributed by atoms with E-state index in [2.05, 4.69) is 5.32 Å². The molecular weight excluding hydrogens is 316 g/mol. The van der Waals surface area contributed by atoms with Crippen LogP contribution in [0, 0.1) is 38.5 Å². The summed E-state index contributed by atoms with van der Waals surface area (Å²) in [5.74, 6) is -0.719. The molecule has 0 radical (unpaired) electrons. The summed E-state index contributed by atoms with van der Waals surface area (Å²) in [5, 5.41) is 33.1. The normalized spacial score (nSPS) is 9.83. The van der Waals surface area contributed by atoms with Crippen molar-refractivity contribution in [3.63, 3.8) is 0 Å². The van der Waals surface area contributed by atoms with Crippen LogP contribution in [0.4, 0.5) is 17.1 Å². The van der Waals surface area contributed by atoms with Gasteiger partial charge in [0.05, 0.1) is 33.1 Å². The summed E-state index contributed by atoms with van der Waals surface area (Å²) in [7, 11) is 0. The number of rotatable bonds is 4. The number of nitrogens with zero attached hydrogens (tertiary/aromatic N) is 3. The Morgan fingerprint density at radius 3 is 2.25 bits per heavy atom.